The SMILES string of the molecule is CC(CN1CCNCC1)c1ccc(F)c(F)c1. The van der Waals surface area contributed by atoms with E-state index in [1.165, 1.54) is 12.1 Å². The molecule has 1 atom stereocenters. The first-order valence-electron chi connectivity index (χ1n) is 6.05. The summed E-state index contributed by atoms with van der Waals surface area (Å²) in [5.74, 6) is -1.30. The highest BCUT2D eigenvalue weighted by Crippen LogP contribution is 2.19. The Morgan fingerprint density at radius 1 is 1.24 bits per heavy atom. The summed E-state index contributed by atoms with van der Waals surface area (Å²) < 4.78 is 25.9. The molecule has 1 heterocycles. The third-order valence-electron chi connectivity index (χ3n) is 3.25. The van der Waals surface area contributed by atoms with Gasteiger partial charge in [-0.3, -0.25) is 0 Å². The quantitative estimate of drug-likeness (QED) is 0.869. The Morgan fingerprint density at radius 3 is 2.59 bits per heavy atom. The number of halogens is 2. The molecule has 1 fully saturated rings. The van der Waals surface area contributed by atoms with Gasteiger partial charge in [-0.1, -0.05) is 13.0 Å². The lowest BCUT2D eigenvalue weighted by Gasteiger charge is -2.29. The number of benzene rings is 1. The topological polar surface area (TPSA) is 15.3 Å². The largest absolute Gasteiger partial charge is 0.314 e. The summed E-state index contributed by atoms with van der Waals surface area (Å²) in [5, 5.41) is 3.29. The highest BCUT2D eigenvalue weighted by atomic mass is 19.2. The molecule has 0 amide bonds. The fourth-order valence-corrected chi connectivity index (χ4v) is 2.21. The molecule has 0 bridgehead atoms. The fraction of sp³-hybridized carbons (Fsp3) is 0.538. The van der Waals surface area contributed by atoms with E-state index in [2.05, 4.69) is 17.1 Å². The van der Waals surface area contributed by atoms with Crippen LogP contribution < -0.4 is 5.32 Å². The molecule has 0 aliphatic carbocycles. The van der Waals surface area contributed by atoms with E-state index in [0.29, 0.717) is 0 Å². The van der Waals surface area contributed by atoms with E-state index >= 15 is 0 Å². The highest BCUT2D eigenvalue weighted by molar-refractivity contribution is 5.21. The summed E-state index contributed by atoms with van der Waals surface area (Å²) in [4.78, 5) is 2.35. The molecule has 0 spiro atoms. The van der Waals surface area contributed by atoms with Crippen molar-refractivity contribution in [3.05, 3.63) is 35.4 Å². The molecule has 1 saturated heterocycles. The van der Waals surface area contributed by atoms with Crippen molar-refractivity contribution < 1.29 is 8.78 Å². The summed E-state index contributed by atoms with van der Waals surface area (Å²) in [5.41, 5.74) is 0.863. The molecule has 0 aromatic heterocycles. The van der Waals surface area contributed by atoms with Crippen LogP contribution in [0.15, 0.2) is 18.2 Å². The summed E-state index contributed by atoms with van der Waals surface area (Å²) in [6, 6.07) is 4.19. The van der Waals surface area contributed by atoms with Crippen molar-refractivity contribution in [2.45, 2.75) is 12.8 Å². The molecule has 1 aliphatic rings. The van der Waals surface area contributed by atoms with Crippen molar-refractivity contribution in [3.8, 4) is 0 Å². The minimum Gasteiger partial charge on any atom is -0.314 e. The van der Waals surface area contributed by atoms with Crippen LogP contribution in [0.2, 0.25) is 0 Å². The van der Waals surface area contributed by atoms with Gasteiger partial charge in [-0.2, -0.15) is 0 Å². The molecule has 1 aliphatic heterocycles. The van der Waals surface area contributed by atoms with Gasteiger partial charge < -0.3 is 10.2 Å². The zero-order valence-corrected chi connectivity index (χ0v) is 10.0. The van der Waals surface area contributed by atoms with E-state index in [-0.39, 0.29) is 5.92 Å². The monoisotopic (exact) mass is 240 g/mol. The van der Waals surface area contributed by atoms with Gasteiger partial charge in [-0.05, 0) is 23.6 Å². The van der Waals surface area contributed by atoms with Crippen LogP contribution in [0.3, 0.4) is 0 Å². The first kappa shape index (κ1) is 12.5. The standard InChI is InChI=1S/C13H18F2N2/c1-10(9-17-6-4-16-5-7-17)11-2-3-12(14)13(15)8-11/h2-3,8,10,16H,4-7,9H2,1H3. The molecule has 1 aromatic carbocycles. The van der Waals surface area contributed by atoms with Crippen LogP contribution in [-0.4, -0.2) is 37.6 Å². The van der Waals surface area contributed by atoms with Gasteiger partial charge in [0.15, 0.2) is 11.6 Å². The van der Waals surface area contributed by atoms with E-state index in [1.54, 1.807) is 6.07 Å². The van der Waals surface area contributed by atoms with Gasteiger partial charge in [0.05, 0.1) is 0 Å². The van der Waals surface area contributed by atoms with Crippen LogP contribution in [0.1, 0.15) is 18.4 Å². The van der Waals surface area contributed by atoms with E-state index in [1.807, 2.05) is 0 Å². The lowest BCUT2D eigenvalue weighted by molar-refractivity contribution is 0.230. The first-order valence-corrected chi connectivity index (χ1v) is 6.05. The molecule has 2 nitrogen and oxygen atoms in total. The zero-order valence-electron chi connectivity index (χ0n) is 10.0. The van der Waals surface area contributed by atoms with Crippen LogP contribution in [0.5, 0.6) is 0 Å². The molecular formula is C13H18F2N2. The number of nitrogens with one attached hydrogen (secondary N) is 1. The normalized spacial score (nSPS) is 19.2. The predicted molar refractivity (Wildman–Crippen MR) is 64.1 cm³/mol. The Morgan fingerprint density at radius 2 is 1.94 bits per heavy atom. The van der Waals surface area contributed by atoms with Gasteiger partial charge in [0.1, 0.15) is 0 Å². The number of hydrogen-bond acceptors (Lipinski definition) is 2. The minimum absolute atomic E-state index is 0.225. The summed E-state index contributed by atoms with van der Waals surface area (Å²) in [6.45, 7) is 7.00. The molecule has 1 unspecified atom stereocenters. The lowest BCUT2D eigenvalue weighted by Crippen LogP contribution is -2.44. The van der Waals surface area contributed by atoms with E-state index in [0.717, 1.165) is 38.3 Å². The van der Waals surface area contributed by atoms with E-state index in [9.17, 15) is 8.78 Å². The van der Waals surface area contributed by atoms with E-state index < -0.39 is 11.6 Å². The average Bonchev–Trinajstić information content (AvgIpc) is 2.34. The summed E-state index contributed by atoms with van der Waals surface area (Å²) in [6.07, 6.45) is 0. The van der Waals surface area contributed by atoms with Gasteiger partial charge in [-0.15, -0.1) is 0 Å². The second kappa shape index (κ2) is 5.56. The van der Waals surface area contributed by atoms with Crippen molar-refractivity contribution in [1.82, 2.24) is 10.2 Å². The highest BCUT2D eigenvalue weighted by Gasteiger charge is 2.15. The molecule has 1 aromatic rings. The molecule has 4 heteroatoms. The molecule has 1 N–H and O–H groups in total. The Labute approximate surface area is 101 Å². The second-order valence-electron chi connectivity index (χ2n) is 4.63. The zero-order chi connectivity index (χ0) is 12.3. The van der Waals surface area contributed by atoms with Gasteiger partial charge >= 0.3 is 0 Å². The van der Waals surface area contributed by atoms with Crippen molar-refractivity contribution in [2.75, 3.05) is 32.7 Å². The van der Waals surface area contributed by atoms with Crippen LogP contribution in [-0.2, 0) is 0 Å². The number of hydrogen-bond donors (Lipinski definition) is 1. The Balaban J connectivity index is 1.98. The minimum atomic E-state index is -0.775. The Kier molecular flexibility index (Phi) is 4.07. The first-order chi connectivity index (χ1) is 8.16. The van der Waals surface area contributed by atoms with Crippen molar-refractivity contribution in [1.29, 1.82) is 0 Å². The molecular weight excluding hydrogens is 222 g/mol. The van der Waals surface area contributed by atoms with Gasteiger partial charge in [0, 0.05) is 32.7 Å². The fourth-order valence-electron chi connectivity index (χ4n) is 2.21. The van der Waals surface area contributed by atoms with Crippen LogP contribution in [0.25, 0.3) is 0 Å². The average molecular weight is 240 g/mol. The van der Waals surface area contributed by atoms with Gasteiger partial charge in [0.2, 0.25) is 0 Å². The van der Waals surface area contributed by atoms with E-state index in [4.69, 9.17) is 0 Å². The molecule has 0 saturated carbocycles. The van der Waals surface area contributed by atoms with Crippen molar-refractivity contribution in [3.63, 3.8) is 0 Å². The number of nitrogens with zero attached hydrogens (tertiary/aromatic N) is 1. The Hall–Kier alpha value is -1.00. The maximum atomic E-state index is 13.1. The maximum Gasteiger partial charge on any atom is 0.159 e. The number of rotatable bonds is 3. The smallest absolute Gasteiger partial charge is 0.159 e. The molecule has 94 valence electrons. The number of piperazine rings is 1. The van der Waals surface area contributed by atoms with Crippen LogP contribution >= 0.6 is 0 Å². The van der Waals surface area contributed by atoms with Gasteiger partial charge in [0.25, 0.3) is 0 Å². The van der Waals surface area contributed by atoms with Crippen molar-refractivity contribution >= 4 is 0 Å². The third-order valence-corrected chi connectivity index (χ3v) is 3.25. The molecule has 0 radical (unpaired) electrons. The predicted octanol–water partition coefficient (Wildman–Crippen LogP) is 1.97. The summed E-state index contributed by atoms with van der Waals surface area (Å²) >= 11 is 0. The third kappa shape index (κ3) is 3.23. The van der Waals surface area contributed by atoms with Gasteiger partial charge in [-0.25, -0.2) is 8.78 Å². The lowest BCUT2D eigenvalue weighted by atomic mass is 10.00. The van der Waals surface area contributed by atoms with Crippen LogP contribution in [0, 0.1) is 11.6 Å². The Bertz CT molecular complexity index is 376. The van der Waals surface area contributed by atoms with Crippen molar-refractivity contribution in [2.24, 2.45) is 0 Å². The van der Waals surface area contributed by atoms with Crippen LogP contribution in [0.4, 0.5) is 8.78 Å². The maximum absolute atomic E-state index is 13.1. The summed E-state index contributed by atoms with van der Waals surface area (Å²) in [7, 11) is 0. The molecule has 2 rings (SSSR count). The molecule has 17 heavy (non-hydrogen) atoms. The second-order valence-corrected chi connectivity index (χ2v) is 4.63.